The van der Waals surface area contributed by atoms with Gasteiger partial charge >= 0.3 is 0 Å². The van der Waals surface area contributed by atoms with Crippen molar-refractivity contribution in [2.45, 2.75) is 12.8 Å². The fraction of sp³-hybridized carbons (Fsp3) is 0.462. The highest BCUT2D eigenvalue weighted by Gasteiger charge is 2.21. The van der Waals surface area contributed by atoms with Crippen molar-refractivity contribution in [2.75, 3.05) is 25.5 Å². The van der Waals surface area contributed by atoms with Crippen LogP contribution in [-0.2, 0) is 4.79 Å². The molecular formula is C13H18N2O3. The molecule has 3 N–H and O–H groups in total. The molecule has 5 heteroatoms. The van der Waals surface area contributed by atoms with Crippen LogP contribution in [0.4, 0.5) is 5.69 Å². The lowest BCUT2D eigenvalue weighted by Crippen LogP contribution is -2.37. The lowest BCUT2D eigenvalue weighted by molar-refractivity contribution is -0.120. The van der Waals surface area contributed by atoms with Crippen molar-refractivity contribution in [3.05, 3.63) is 18.2 Å². The maximum Gasteiger partial charge on any atom is 0.228 e. The minimum Gasteiger partial charge on any atom is -0.506 e. The Morgan fingerprint density at radius 3 is 3.06 bits per heavy atom. The Morgan fingerprint density at radius 1 is 1.56 bits per heavy atom. The van der Waals surface area contributed by atoms with Gasteiger partial charge in [0.2, 0.25) is 5.91 Å². The van der Waals surface area contributed by atoms with E-state index in [0.29, 0.717) is 18.0 Å². The average Bonchev–Trinajstić information content (AvgIpc) is 2.42. The summed E-state index contributed by atoms with van der Waals surface area (Å²) in [4.78, 5) is 12.0. The quantitative estimate of drug-likeness (QED) is 0.708. The van der Waals surface area contributed by atoms with E-state index in [1.807, 2.05) is 0 Å². The fourth-order valence-electron chi connectivity index (χ4n) is 2.05. The largest absolute Gasteiger partial charge is 0.506 e. The summed E-state index contributed by atoms with van der Waals surface area (Å²) in [6, 6.07) is 4.77. The van der Waals surface area contributed by atoms with Crippen LogP contribution in [0.5, 0.6) is 11.5 Å². The van der Waals surface area contributed by atoms with Crippen molar-refractivity contribution < 1.29 is 14.6 Å². The van der Waals surface area contributed by atoms with Crippen molar-refractivity contribution >= 4 is 11.6 Å². The molecule has 1 heterocycles. The molecule has 0 saturated carbocycles. The molecule has 0 bridgehead atoms. The molecule has 2 rings (SSSR count). The van der Waals surface area contributed by atoms with E-state index in [4.69, 9.17) is 4.74 Å². The minimum absolute atomic E-state index is 0.0376. The second-order valence-corrected chi connectivity index (χ2v) is 4.42. The SMILES string of the molecule is COc1ccc(O)c(NC(=O)[C@@H]2CCCNC2)c1. The number of phenols is 1. The molecule has 5 nitrogen and oxygen atoms in total. The molecule has 0 spiro atoms. The number of rotatable bonds is 3. The number of nitrogens with one attached hydrogen (secondary N) is 2. The zero-order valence-corrected chi connectivity index (χ0v) is 10.4. The molecular weight excluding hydrogens is 232 g/mol. The molecule has 1 amide bonds. The highest BCUT2D eigenvalue weighted by atomic mass is 16.5. The van der Waals surface area contributed by atoms with Gasteiger partial charge in [0.1, 0.15) is 11.5 Å². The molecule has 1 atom stereocenters. The van der Waals surface area contributed by atoms with E-state index >= 15 is 0 Å². The van der Waals surface area contributed by atoms with E-state index < -0.39 is 0 Å². The summed E-state index contributed by atoms with van der Waals surface area (Å²) < 4.78 is 5.06. The summed E-state index contributed by atoms with van der Waals surface area (Å²) >= 11 is 0. The number of ether oxygens (including phenoxy) is 1. The first-order valence-corrected chi connectivity index (χ1v) is 6.09. The number of phenolic OH excluding ortho intramolecular Hbond substituents is 1. The van der Waals surface area contributed by atoms with E-state index in [0.717, 1.165) is 19.4 Å². The number of anilines is 1. The lowest BCUT2D eigenvalue weighted by atomic mass is 9.99. The number of aromatic hydroxyl groups is 1. The van der Waals surface area contributed by atoms with Crippen LogP contribution in [0, 0.1) is 5.92 Å². The number of piperidine rings is 1. The minimum atomic E-state index is -0.0641. The zero-order valence-electron chi connectivity index (χ0n) is 10.4. The van der Waals surface area contributed by atoms with Crippen LogP contribution in [0.15, 0.2) is 18.2 Å². The van der Waals surface area contributed by atoms with E-state index in [9.17, 15) is 9.90 Å². The van der Waals surface area contributed by atoms with E-state index in [1.165, 1.54) is 6.07 Å². The third-order valence-electron chi connectivity index (χ3n) is 3.13. The van der Waals surface area contributed by atoms with Crippen molar-refractivity contribution in [1.82, 2.24) is 5.32 Å². The number of methoxy groups -OCH3 is 1. The van der Waals surface area contributed by atoms with Crippen LogP contribution in [0.3, 0.4) is 0 Å². The number of carbonyl (C=O) groups excluding carboxylic acids is 1. The molecule has 1 aromatic carbocycles. The summed E-state index contributed by atoms with van der Waals surface area (Å²) in [5.74, 6) is 0.549. The normalized spacial score (nSPS) is 19.3. The van der Waals surface area contributed by atoms with Gasteiger partial charge in [-0.05, 0) is 31.5 Å². The second-order valence-electron chi connectivity index (χ2n) is 4.42. The Morgan fingerprint density at radius 2 is 2.39 bits per heavy atom. The molecule has 0 aromatic heterocycles. The molecule has 1 aromatic rings. The number of amides is 1. The average molecular weight is 250 g/mol. The van der Waals surface area contributed by atoms with Crippen molar-refractivity contribution in [1.29, 1.82) is 0 Å². The van der Waals surface area contributed by atoms with Gasteiger partial charge in [-0.2, -0.15) is 0 Å². The maximum atomic E-state index is 12.0. The molecule has 1 aliphatic heterocycles. The van der Waals surface area contributed by atoms with Gasteiger partial charge in [-0.1, -0.05) is 0 Å². The number of hydrogen-bond donors (Lipinski definition) is 3. The van der Waals surface area contributed by atoms with Gasteiger partial charge in [-0.3, -0.25) is 4.79 Å². The smallest absolute Gasteiger partial charge is 0.228 e. The predicted octanol–water partition coefficient (Wildman–Crippen LogP) is 1.34. The van der Waals surface area contributed by atoms with Crippen LogP contribution >= 0.6 is 0 Å². The Hall–Kier alpha value is -1.75. The number of benzene rings is 1. The van der Waals surface area contributed by atoms with Crippen LogP contribution in [0.2, 0.25) is 0 Å². The van der Waals surface area contributed by atoms with Gasteiger partial charge in [0.05, 0.1) is 18.7 Å². The molecule has 0 unspecified atom stereocenters. The molecule has 0 radical (unpaired) electrons. The molecule has 98 valence electrons. The zero-order chi connectivity index (χ0) is 13.0. The van der Waals surface area contributed by atoms with Crippen LogP contribution in [-0.4, -0.2) is 31.2 Å². The first-order chi connectivity index (χ1) is 8.70. The van der Waals surface area contributed by atoms with Gasteiger partial charge < -0.3 is 20.5 Å². The van der Waals surface area contributed by atoms with E-state index in [-0.39, 0.29) is 17.6 Å². The lowest BCUT2D eigenvalue weighted by Gasteiger charge is -2.22. The Kier molecular flexibility index (Phi) is 4.04. The summed E-state index contributed by atoms with van der Waals surface area (Å²) in [7, 11) is 1.54. The third kappa shape index (κ3) is 2.92. The van der Waals surface area contributed by atoms with Crippen molar-refractivity contribution in [3.8, 4) is 11.5 Å². The molecule has 18 heavy (non-hydrogen) atoms. The van der Waals surface area contributed by atoms with Crippen LogP contribution in [0.25, 0.3) is 0 Å². The number of hydrogen-bond acceptors (Lipinski definition) is 4. The predicted molar refractivity (Wildman–Crippen MR) is 68.9 cm³/mol. The maximum absolute atomic E-state index is 12.0. The van der Waals surface area contributed by atoms with E-state index in [2.05, 4.69) is 10.6 Å². The Bertz CT molecular complexity index is 428. The first-order valence-electron chi connectivity index (χ1n) is 6.09. The molecule has 1 fully saturated rings. The molecule has 1 aliphatic rings. The summed E-state index contributed by atoms with van der Waals surface area (Å²) in [5, 5.41) is 15.6. The van der Waals surface area contributed by atoms with Crippen molar-refractivity contribution in [3.63, 3.8) is 0 Å². The highest BCUT2D eigenvalue weighted by molar-refractivity contribution is 5.94. The van der Waals surface area contributed by atoms with E-state index in [1.54, 1.807) is 19.2 Å². The summed E-state index contributed by atoms with van der Waals surface area (Å²) in [5.41, 5.74) is 0.393. The fourth-order valence-corrected chi connectivity index (χ4v) is 2.05. The summed E-state index contributed by atoms with van der Waals surface area (Å²) in [6.45, 7) is 1.66. The summed E-state index contributed by atoms with van der Waals surface area (Å²) in [6.07, 6.45) is 1.88. The Labute approximate surface area is 106 Å². The van der Waals surface area contributed by atoms with Gasteiger partial charge in [0, 0.05) is 12.6 Å². The Balaban J connectivity index is 2.05. The van der Waals surface area contributed by atoms with Crippen LogP contribution in [0.1, 0.15) is 12.8 Å². The monoisotopic (exact) mass is 250 g/mol. The standard InChI is InChI=1S/C13H18N2O3/c1-18-10-4-5-12(16)11(7-10)15-13(17)9-3-2-6-14-8-9/h4-5,7,9,14,16H,2-3,6,8H2,1H3,(H,15,17)/t9-/m1/s1. The topological polar surface area (TPSA) is 70.6 Å². The first kappa shape index (κ1) is 12.7. The highest BCUT2D eigenvalue weighted by Crippen LogP contribution is 2.28. The van der Waals surface area contributed by atoms with Gasteiger partial charge in [-0.25, -0.2) is 0 Å². The molecule has 1 saturated heterocycles. The van der Waals surface area contributed by atoms with Gasteiger partial charge in [0.25, 0.3) is 0 Å². The molecule has 0 aliphatic carbocycles. The second kappa shape index (κ2) is 5.73. The van der Waals surface area contributed by atoms with Crippen molar-refractivity contribution in [2.24, 2.45) is 5.92 Å². The van der Waals surface area contributed by atoms with Gasteiger partial charge in [0.15, 0.2) is 0 Å². The van der Waals surface area contributed by atoms with Gasteiger partial charge in [-0.15, -0.1) is 0 Å². The van der Waals surface area contributed by atoms with Crippen LogP contribution < -0.4 is 15.4 Å². The number of carbonyl (C=O) groups is 1. The third-order valence-corrected chi connectivity index (χ3v) is 3.13.